The van der Waals surface area contributed by atoms with Gasteiger partial charge in [-0.3, -0.25) is 4.79 Å². The monoisotopic (exact) mass is 185 g/mol. The molecule has 0 radical (unpaired) electrons. The van der Waals surface area contributed by atoms with Crippen molar-refractivity contribution < 1.29 is 4.79 Å². The topological polar surface area (TPSA) is 29.1 Å². The standard InChI is InChI=1S/C9H19NOSi/c1-8(2)9(11)10-6-5-7-12(3)4/h12H,1,5-7H2,2-4H3,(H,10,11). The summed E-state index contributed by atoms with van der Waals surface area (Å²) in [5, 5.41) is 2.82. The number of amides is 1. The molecule has 2 nitrogen and oxygen atoms in total. The summed E-state index contributed by atoms with van der Waals surface area (Å²) in [5.74, 6) is -0.0135. The van der Waals surface area contributed by atoms with Gasteiger partial charge in [-0.1, -0.05) is 25.7 Å². The quantitative estimate of drug-likeness (QED) is 0.393. The first-order valence-corrected chi connectivity index (χ1v) is 7.60. The van der Waals surface area contributed by atoms with Gasteiger partial charge in [-0.2, -0.15) is 0 Å². The zero-order chi connectivity index (χ0) is 9.56. The number of hydrogen-bond acceptors (Lipinski definition) is 1. The molecule has 0 spiro atoms. The summed E-state index contributed by atoms with van der Waals surface area (Å²) in [5.41, 5.74) is 0.594. The maximum absolute atomic E-state index is 11.0. The average Bonchev–Trinajstić information content (AvgIpc) is 1.97. The van der Waals surface area contributed by atoms with Gasteiger partial charge in [-0.15, -0.1) is 0 Å². The fraction of sp³-hybridized carbons (Fsp3) is 0.667. The lowest BCUT2D eigenvalue weighted by Crippen LogP contribution is -2.25. The first-order valence-electron chi connectivity index (χ1n) is 4.47. The summed E-state index contributed by atoms with van der Waals surface area (Å²) >= 11 is 0. The Balaban J connectivity index is 3.32. The van der Waals surface area contributed by atoms with Crippen molar-refractivity contribution in [2.24, 2.45) is 0 Å². The van der Waals surface area contributed by atoms with Gasteiger partial charge in [-0.25, -0.2) is 0 Å². The van der Waals surface area contributed by atoms with Crippen molar-refractivity contribution in [3.63, 3.8) is 0 Å². The minimum Gasteiger partial charge on any atom is -0.352 e. The Kier molecular flexibility index (Phi) is 5.71. The van der Waals surface area contributed by atoms with Crippen LogP contribution in [-0.4, -0.2) is 21.2 Å². The molecule has 0 fully saturated rings. The Labute approximate surface area is 76.7 Å². The van der Waals surface area contributed by atoms with E-state index in [1.165, 1.54) is 6.04 Å². The molecule has 0 aromatic heterocycles. The molecule has 0 atom stereocenters. The molecule has 0 aliphatic rings. The predicted molar refractivity (Wildman–Crippen MR) is 56.1 cm³/mol. The number of nitrogens with one attached hydrogen (secondary N) is 1. The maximum atomic E-state index is 11.0. The van der Waals surface area contributed by atoms with Gasteiger partial charge < -0.3 is 5.32 Å². The predicted octanol–water partition coefficient (Wildman–Crippen LogP) is 1.56. The summed E-state index contributed by atoms with van der Waals surface area (Å²) in [6, 6.07) is 1.30. The van der Waals surface area contributed by atoms with E-state index < -0.39 is 8.80 Å². The van der Waals surface area contributed by atoms with Crippen LogP contribution in [0.2, 0.25) is 19.1 Å². The molecule has 1 N–H and O–H groups in total. The highest BCUT2D eigenvalue weighted by Crippen LogP contribution is 1.95. The number of rotatable bonds is 5. The first-order chi connectivity index (χ1) is 5.54. The van der Waals surface area contributed by atoms with Crippen molar-refractivity contribution in [1.29, 1.82) is 0 Å². The largest absolute Gasteiger partial charge is 0.352 e. The molecule has 0 rings (SSSR count). The molecule has 0 saturated carbocycles. The number of hydrogen-bond donors (Lipinski definition) is 1. The van der Waals surface area contributed by atoms with Crippen LogP contribution in [0.1, 0.15) is 13.3 Å². The van der Waals surface area contributed by atoms with E-state index >= 15 is 0 Å². The van der Waals surface area contributed by atoms with Crippen LogP contribution >= 0.6 is 0 Å². The van der Waals surface area contributed by atoms with Gasteiger partial charge in [0, 0.05) is 20.9 Å². The summed E-state index contributed by atoms with van der Waals surface area (Å²) in [7, 11) is -0.432. The molecule has 0 bridgehead atoms. The van der Waals surface area contributed by atoms with Crippen molar-refractivity contribution in [3.8, 4) is 0 Å². The zero-order valence-electron chi connectivity index (χ0n) is 8.31. The lowest BCUT2D eigenvalue weighted by atomic mass is 10.3. The van der Waals surface area contributed by atoms with Crippen molar-refractivity contribution in [1.82, 2.24) is 5.32 Å². The van der Waals surface area contributed by atoms with E-state index in [9.17, 15) is 4.79 Å². The summed E-state index contributed by atoms with van der Waals surface area (Å²) in [4.78, 5) is 11.0. The molecule has 0 aliphatic carbocycles. The van der Waals surface area contributed by atoms with E-state index in [2.05, 4.69) is 25.0 Å². The van der Waals surface area contributed by atoms with Crippen LogP contribution in [0.15, 0.2) is 12.2 Å². The third kappa shape index (κ3) is 6.16. The average molecular weight is 185 g/mol. The van der Waals surface area contributed by atoms with Gasteiger partial charge in [0.2, 0.25) is 5.91 Å². The molecule has 0 aromatic carbocycles. The summed E-state index contributed by atoms with van der Waals surface area (Å²) in [6.07, 6.45) is 1.11. The Hall–Kier alpha value is -0.573. The van der Waals surface area contributed by atoms with Crippen LogP contribution < -0.4 is 5.32 Å². The minimum atomic E-state index is -0.432. The van der Waals surface area contributed by atoms with Gasteiger partial charge in [0.15, 0.2) is 0 Å². The van der Waals surface area contributed by atoms with E-state index in [1.54, 1.807) is 6.92 Å². The van der Waals surface area contributed by atoms with E-state index in [1.807, 2.05) is 0 Å². The molecule has 0 heterocycles. The molecule has 0 unspecified atom stereocenters. The lowest BCUT2D eigenvalue weighted by Gasteiger charge is -2.05. The zero-order valence-corrected chi connectivity index (χ0v) is 9.47. The van der Waals surface area contributed by atoms with Crippen molar-refractivity contribution >= 4 is 14.7 Å². The second-order valence-corrected chi connectivity index (χ2v) is 6.94. The van der Waals surface area contributed by atoms with Crippen LogP contribution in [0, 0.1) is 0 Å². The van der Waals surface area contributed by atoms with Gasteiger partial charge in [0.25, 0.3) is 0 Å². The fourth-order valence-electron chi connectivity index (χ4n) is 0.863. The second-order valence-electron chi connectivity index (χ2n) is 3.57. The molecule has 70 valence electrons. The Morgan fingerprint density at radius 2 is 2.08 bits per heavy atom. The Bertz CT molecular complexity index is 166. The Morgan fingerprint density at radius 3 is 2.50 bits per heavy atom. The molecule has 1 amide bonds. The molecular formula is C9H19NOSi. The van der Waals surface area contributed by atoms with Crippen LogP contribution in [0.4, 0.5) is 0 Å². The van der Waals surface area contributed by atoms with E-state index in [4.69, 9.17) is 0 Å². The Morgan fingerprint density at radius 1 is 1.50 bits per heavy atom. The highest BCUT2D eigenvalue weighted by molar-refractivity contribution is 6.55. The molecular weight excluding hydrogens is 166 g/mol. The highest BCUT2D eigenvalue weighted by atomic mass is 28.3. The maximum Gasteiger partial charge on any atom is 0.246 e. The summed E-state index contributed by atoms with van der Waals surface area (Å²) in [6.45, 7) is 10.7. The number of carbonyl (C=O) groups excluding carboxylic acids is 1. The molecule has 12 heavy (non-hydrogen) atoms. The van der Waals surface area contributed by atoms with Crippen LogP contribution in [0.25, 0.3) is 0 Å². The molecule has 0 aliphatic heterocycles. The SMILES string of the molecule is C=C(C)C(=O)NCCC[SiH](C)C. The van der Waals surface area contributed by atoms with Crippen LogP contribution in [-0.2, 0) is 4.79 Å². The fourth-order valence-corrected chi connectivity index (χ4v) is 1.88. The highest BCUT2D eigenvalue weighted by Gasteiger charge is 2.00. The molecule has 0 saturated heterocycles. The smallest absolute Gasteiger partial charge is 0.246 e. The van der Waals surface area contributed by atoms with E-state index in [-0.39, 0.29) is 5.91 Å². The second kappa shape index (κ2) is 6.00. The van der Waals surface area contributed by atoms with Crippen LogP contribution in [0.5, 0.6) is 0 Å². The normalized spacial score (nSPS) is 10.0. The lowest BCUT2D eigenvalue weighted by molar-refractivity contribution is -0.117. The van der Waals surface area contributed by atoms with Crippen molar-refractivity contribution in [3.05, 3.63) is 12.2 Å². The van der Waals surface area contributed by atoms with Gasteiger partial charge in [-0.05, 0) is 13.3 Å². The van der Waals surface area contributed by atoms with Gasteiger partial charge in [0.1, 0.15) is 0 Å². The van der Waals surface area contributed by atoms with E-state index in [0.29, 0.717) is 5.57 Å². The minimum absolute atomic E-state index is 0.0135. The van der Waals surface area contributed by atoms with Crippen molar-refractivity contribution in [2.75, 3.05) is 6.54 Å². The van der Waals surface area contributed by atoms with E-state index in [0.717, 1.165) is 13.0 Å². The number of carbonyl (C=O) groups is 1. The van der Waals surface area contributed by atoms with Gasteiger partial charge in [0.05, 0.1) is 0 Å². The van der Waals surface area contributed by atoms with Gasteiger partial charge >= 0.3 is 0 Å². The summed E-state index contributed by atoms with van der Waals surface area (Å²) < 4.78 is 0. The third-order valence-corrected chi connectivity index (χ3v) is 3.19. The third-order valence-electron chi connectivity index (χ3n) is 1.63. The molecule has 3 heteroatoms. The molecule has 0 aromatic rings. The van der Waals surface area contributed by atoms with Crippen LogP contribution in [0.3, 0.4) is 0 Å². The first kappa shape index (κ1) is 11.4. The van der Waals surface area contributed by atoms with Crippen molar-refractivity contribution in [2.45, 2.75) is 32.5 Å².